The van der Waals surface area contributed by atoms with Crippen molar-refractivity contribution < 1.29 is 27.6 Å². The predicted molar refractivity (Wildman–Crippen MR) is 83.5 cm³/mol. The normalized spacial score (nSPS) is 11.7. The van der Waals surface area contributed by atoms with Crippen LogP contribution >= 0.6 is 19.2 Å². The Morgan fingerprint density at radius 1 is 1.14 bits per heavy atom. The van der Waals surface area contributed by atoms with E-state index in [1.165, 1.54) is 0 Å². The Balaban J connectivity index is 3.25. The highest BCUT2D eigenvalue weighted by Gasteiger charge is 2.32. The van der Waals surface area contributed by atoms with Gasteiger partial charge in [-0.25, -0.2) is 4.79 Å². The summed E-state index contributed by atoms with van der Waals surface area (Å²) < 4.78 is 33.7. The minimum Gasteiger partial charge on any atom is -0.460 e. The molecule has 0 aliphatic rings. The summed E-state index contributed by atoms with van der Waals surface area (Å²) in [5, 5.41) is 0. The molecule has 0 N–H and O–H groups in total. The highest BCUT2D eigenvalue weighted by molar-refractivity contribution is 7.53. The van der Waals surface area contributed by atoms with Crippen molar-refractivity contribution in [3.05, 3.63) is 22.6 Å². The molecule has 1 aromatic heterocycles. The van der Waals surface area contributed by atoms with E-state index in [2.05, 4.69) is 0 Å². The van der Waals surface area contributed by atoms with E-state index in [4.69, 9.17) is 29.8 Å². The third kappa shape index (κ3) is 4.59. The van der Waals surface area contributed by atoms with Crippen LogP contribution in [0.2, 0.25) is 0 Å². The lowest BCUT2D eigenvalue weighted by atomic mass is 10.1. The number of halogens is 1. The maximum absolute atomic E-state index is 12.7. The van der Waals surface area contributed by atoms with Crippen LogP contribution in [0.1, 0.15) is 48.2 Å². The SMILES string of the molecule is CCOC(=O)c1oc(C)c(CCl)c1CP(=O)(OCC)OCC. The average Bonchev–Trinajstić information content (AvgIpc) is 2.75. The van der Waals surface area contributed by atoms with Gasteiger partial charge in [-0.1, -0.05) is 0 Å². The lowest BCUT2D eigenvalue weighted by Crippen LogP contribution is -2.08. The molecule has 6 nitrogen and oxygen atoms in total. The number of hydrogen-bond donors (Lipinski definition) is 0. The first-order chi connectivity index (χ1) is 10.4. The summed E-state index contributed by atoms with van der Waals surface area (Å²) in [6.07, 6.45) is -0.0811. The van der Waals surface area contributed by atoms with Crippen molar-refractivity contribution in [2.24, 2.45) is 0 Å². The Morgan fingerprint density at radius 3 is 2.18 bits per heavy atom. The minimum atomic E-state index is -3.38. The topological polar surface area (TPSA) is 75.0 Å². The largest absolute Gasteiger partial charge is 0.460 e. The van der Waals surface area contributed by atoms with E-state index in [-0.39, 0.29) is 37.6 Å². The highest BCUT2D eigenvalue weighted by Crippen LogP contribution is 2.52. The van der Waals surface area contributed by atoms with Crippen molar-refractivity contribution in [3.63, 3.8) is 0 Å². The van der Waals surface area contributed by atoms with Crippen LogP contribution in [0, 0.1) is 6.92 Å². The van der Waals surface area contributed by atoms with Gasteiger partial charge in [-0.3, -0.25) is 4.57 Å². The van der Waals surface area contributed by atoms with Crippen LogP contribution < -0.4 is 0 Å². The van der Waals surface area contributed by atoms with Crippen molar-refractivity contribution >= 4 is 25.2 Å². The quantitative estimate of drug-likeness (QED) is 0.375. The van der Waals surface area contributed by atoms with Crippen LogP contribution in [0.5, 0.6) is 0 Å². The molecule has 0 spiro atoms. The van der Waals surface area contributed by atoms with Gasteiger partial charge in [0.1, 0.15) is 5.76 Å². The zero-order chi connectivity index (χ0) is 16.8. The molecule has 0 saturated heterocycles. The van der Waals surface area contributed by atoms with Gasteiger partial charge < -0.3 is 18.2 Å². The van der Waals surface area contributed by atoms with Gasteiger partial charge >= 0.3 is 13.6 Å². The Bertz CT molecular complexity index is 544. The van der Waals surface area contributed by atoms with Gasteiger partial charge in [-0.15, -0.1) is 11.6 Å². The highest BCUT2D eigenvalue weighted by atomic mass is 35.5. The summed E-state index contributed by atoms with van der Waals surface area (Å²) in [6, 6.07) is 0. The second-order valence-electron chi connectivity index (χ2n) is 4.40. The van der Waals surface area contributed by atoms with Crippen LogP contribution in [0.25, 0.3) is 0 Å². The molecule has 1 aromatic rings. The van der Waals surface area contributed by atoms with Crippen LogP contribution in [0.3, 0.4) is 0 Å². The lowest BCUT2D eigenvalue weighted by molar-refractivity contribution is 0.0487. The number of esters is 1. The van der Waals surface area contributed by atoms with E-state index in [1.54, 1.807) is 27.7 Å². The molecule has 8 heteroatoms. The molecule has 0 radical (unpaired) electrons. The zero-order valence-corrected chi connectivity index (χ0v) is 15.0. The van der Waals surface area contributed by atoms with Crippen LogP contribution in [0.15, 0.2) is 4.42 Å². The Morgan fingerprint density at radius 2 is 1.73 bits per heavy atom. The summed E-state index contributed by atoms with van der Waals surface area (Å²) in [7, 11) is -3.38. The van der Waals surface area contributed by atoms with Crippen LogP contribution in [-0.2, 0) is 30.4 Å². The number of carbonyl (C=O) groups excluding carboxylic acids is 1. The number of aryl methyl sites for hydroxylation is 1. The molecule has 0 aliphatic carbocycles. The molecule has 0 unspecified atom stereocenters. The molecule has 0 aromatic carbocycles. The van der Waals surface area contributed by atoms with Gasteiger partial charge in [0, 0.05) is 11.1 Å². The van der Waals surface area contributed by atoms with Crippen molar-refractivity contribution in [3.8, 4) is 0 Å². The first kappa shape index (κ1) is 19.2. The summed E-state index contributed by atoms with van der Waals surface area (Å²) in [4.78, 5) is 12.0. The van der Waals surface area contributed by atoms with Crippen LogP contribution in [0.4, 0.5) is 0 Å². The van der Waals surface area contributed by atoms with E-state index in [1.807, 2.05) is 0 Å². The maximum atomic E-state index is 12.7. The second-order valence-corrected chi connectivity index (χ2v) is 6.72. The van der Waals surface area contributed by atoms with Gasteiger partial charge in [0.25, 0.3) is 0 Å². The smallest absolute Gasteiger partial charge is 0.374 e. The summed E-state index contributed by atoms with van der Waals surface area (Å²) >= 11 is 5.93. The predicted octanol–water partition coefficient (Wildman–Crippen LogP) is 4.27. The third-order valence-electron chi connectivity index (χ3n) is 2.92. The maximum Gasteiger partial charge on any atom is 0.374 e. The number of carbonyl (C=O) groups is 1. The monoisotopic (exact) mass is 352 g/mol. The Kier molecular flexibility index (Phi) is 7.63. The molecular formula is C14H22ClO6P. The summed E-state index contributed by atoms with van der Waals surface area (Å²) in [5.74, 6) is 0.0150. The Hall–Kier alpha value is -0.810. The van der Waals surface area contributed by atoms with Crippen molar-refractivity contribution in [1.82, 2.24) is 0 Å². The molecule has 0 bridgehead atoms. The number of hydrogen-bond acceptors (Lipinski definition) is 6. The first-order valence-electron chi connectivity index (χ1n) is 7.14. The third-order valence-corrected chi connectivity index (χ3v) is 5.19. The summed E-state index contributed by atoms with van der Waals surface area (Å²) in [5.41, 5.74) is 1.04. The fourth-order valence-electron chi connectivity index (χ4n) is 2.04. The van der Waals surface area contributed by atoms with E-state index in [9.17, 15) is 9.36 Å². The van der Waals surface area contributed by atoms with Gasteiger partial charge in [0.15, 0.2) is 0 Å². The van der Waals surface area contributed by atoms with Crippen molar-refractivity contribution in [2.75, 3.05) is 19.8 Å². The first-order valence-corrected chi connectivity index (χ1v) is 9.40. The van der Waals surface area contributed by atoms with Gasteiger partial charge in [-0.2, -0.15) is 0 Å². The molecule has 126 valence electrons. The van der Waals surface area contributed by atoms with Gasteiger partial charge in [0.2, 0.25) is 5.76 Å². The van der Waals surface area contributed by atoms with E-state index in [0.29, 0.717) is 16.9 Å². The van der Waals surface area contributed by atoms with Crippen molar-refractivity contribution in [2.45, 2.75) is 39.7 Å². The molecule has 0 atom stereocenters. The molecule has 0 fully saturated rings. The molecular weight excluding hydrogens is 331 g/mol. The fraction of sp³-hybridized carbons (Fsp3) is 0.643. The van der Waals surface area contributed by atoms with Gasteiger partial charge in [0.05, 0.1) is 31.9 Å². The standard InChI is InChI=1S/C14H22ClO6P/c1-5-18-14(16)13-12(11(8-15)10(4)21-13)9-22(17,19-6-2)20-7-3/h5-9H2,1-4H3. The van der Waals surface area contributed by atoms with Crippen LogP contribution in [-0.4, -0.2) is 25.8 Å². The molecule has 0 amide bonds. The van der Waals surface area contributed by atoms with Gasteiger partial charge in [-0.05, 0) is 27.7 Å². The minimum absolute atomic E-state index is 0.00892. The number of furan rings is 1. The second kappa shape index (κ2) is 8.73. The fourth-order valence-corrected chi connectivity index (χ4v) is 4.16. The molecule has 1 heterocycles. The number of ether oxygens (including phenoxy) is 1. The van der Waals surface area contributed by atoms with E-state index < -0.39 is 13.6 Å². The molecule has 0 aliphatic heterocycles. The molecule has 1 rings (SSSR count). The Labute approximate surface area is 135 Å². The zero-order valence-electron chi connectivity index (χ0n) is 13.3. The molecule has 22 heavy (non-hydrogen) atoms. The number of rotatable bonds is 9. The lowest BCUT2D eigenvalue weighted by Gasteiger charge is -2.17. The average molecular weight is 353 g/mol. The molecule has 0 saturated carbocycles. The van der Waals surface area contributed by atoms with Crippen molar-refractivity contribution in [1.29, 1.82) is 0 Å². The van der Waals surface area contributed by atoms with E-state index in [0.717, 1.165) is 0 Å². The number of alkyl halides is 1. The summed E-state index contributed by atoms with van der Waals surface area (Å²) in [6.45, 7) is 7.51. The van der Waals surface area contributed by atoms with E-state index >= 15 is 0 Å².